The van der Waals surface area contributed by atoms with Crippen molar-refractivity contribution in [2.75, 3.05) is 63.0 Å². The van der Waals surface area contributed by atoms with Gasteiger partial charge in [-0.05, 0) is 127 Å². The van der Waals surface area contributed by atoms with Crippen molar-refractivity contribution in [1.82, 2.24) is 31.9 Å². The number of nitrogens with one attached hydrogen (secondary N) is 6. The Morgan fingerprint density at radius 2 is 0.802 bits per heavy atom. The fraction of sp³-hybridized carbons (Fsp3) is 0.819. The summed E-state index contributed by atoms with van der Waals surface area (Å²) in [7, 11) is 1.62. The van der Waals surface area contributed by atoms with Crippen LogP contribution in [0.1, 0.15) is 296 Å². The molecule has 0 unspecified atom stereocenters. The van der Waals surface area contributed by atoms with E-state index in [1.54, 1.807) is 7.05 Å². The van der Waals surface area contributed by atoms with Crippen LogP contribution in [0.5, 0.6) is 0 Å². The van der Waals surface area contributed by atoms with Gasteiger partial charge in [0.25, 0.3) is 0 Å². The number of alkyl halides is 2. The maximum absolute atomic E-state index is 13.1. The first kappa shape index (κ1) is 86.8. The molecular weight excluding hydrogens is 1190 g/mol. The molecule has 528 valence electrons. The number of nitrogens with two attached hydrogens (primary N) is 3. The van der Waals surface area contributed by atoms with Gasteiger partial charge in [-0.1, -0.05) is 193 Å². The summed E-state index contributed by atoms with van der Waals surface area (Å²) in [5.41, 5.74) is 19.0. The third kappa shape index (κ3) is 51.9. The molecule has 12 N–H and O–H groups in total. The van der Waals surface area contributed by atoms with Gasteiger partial charge >= 0.3 is 0 Å². The molecule has 4 atom stereocenters. The lowest BCUT2D eigenvalue weighted by molar-refractivity contribution is -0.132. The Labute approximate surface area is 563 Å². The number of aryl methyl sites for hydroxylation is 1. The van der Waals surface area contributed by atoms with E-state index in [1.807, 2.05) is 6.92 Å². The number of hydrogen-bond acceptors (Lipinski definition) is 10. The van der Waals surface area contributed by atoms with Crippen LogP contribution in [0.25, 0.3) is 0 Å². The van der Waals surface area contributed by atoms with Crippen LogP contribution in [0, 0.1) is 5.92 Å². The molecule has 0 radical (unpaired) electrons. The molecule has 0 aromatic heterocycles. The number of hydrogen-bond donors (Lipinski definition) is 9. The fourth-order valence-corrected chi connectivity index (χ4v) is 11.6. The highest BCUT2D eigenvalue weighted by Gasteiger charge is 2.27. The van der Waals surface area contributed by atoms with E-state index in [2.05, 4.69) is 74.9 Å². The minimum atomic E-state index is -0.873. The van der Waals surface area contributed by atoms with Gasteiger partial charge in [0.1, 0.15) is 18.1 Å². The molecule has 0 spiro atoms. The summed E-state index contributed by atoms with van der Waals surface area (Å²) in [6, 6.07) is 6.10. The van der Waals surface area contributed by atoms with Crippen molar-refractivity contribution in [2.24, 2.45) is 23.1 Å². The largest absolute Gasteiger partial charge is 0.369 e. The van der Waals surface area contributed by atoms with Gasteiger partial charge in [0.15, 0.2) is 0 Å². The maximum Gasteiger partial charge on any atom is 0.243 e. The predicted octanol–water partition coefficient (Wildman–Crippen LogP) is 13.4. The molecular formula is C72H134Cl2N10O7. The third-order valence-electron chi connectivity index (χ3n) is 17.1. The third-order valence-corrected chi connectivity index (χ3v) is 17.4. The first-order valence-electron chi connectivity index (χ1n) is 36.5. The number of halogens is 2. The molecule has 0 aliphatic carbocycles. The second-order valence-electron chi connectivity index (χ2n) is 25.3. The molecule has 0 saturated heterocycles. The topological polar surface area (TPSA) is 273 Å². The number of benzene rings is 1. The molecule has 17 nitrogen and oxygen atoms in total. The molecule has 1 aromatic rings. The molecule has 19 heteroatoms. The van der Waals surface area contributed by atoms with Gasteiger partial charge in [-0.25, -0.2) is 0 Å². The number of carbonyl (C=O) groups is 7. The van der Waals surface area contributed by atoms with Crippen molar-refractivity contribution in [3.63, 3.8) is 0 Å². The monoisotopic (exact) mass is 1320 g/mol. The van der Waals surface area contributed by atoms with Crippen LogP contribution in [0.4, 0.5) is 5.69 Å². The van der Waals surface area contributed by atoms with Crippen LogP contribution < -0.4 is 54.0 Å². The van der Waals surface area contributed by atoms with Crippen LogP contribution >= 0.6 is 23.2 Å². The Morgan fingerprint density at radius 1 is 0.429 bits per heavy atom. The van der Waals surface area contributed by atoms with E-state index < -0.39 is 29.9 Å². The average molecular weight is 1320 g/mol. The molecule has 0 saturated carbocycles. The quantitative estimate of drug-likeness (QED) is 0.0220. The summed E-state index contributed by atoms with van der Waals surface area (Å²) < 4.78 is 0. The Hall–Kier alpha value is -4.19. The summed E-state index contributed by atoms with van der Waals surface area (Å²) >= 11 is 11.8. The Balaban J connectivity index is 0.00000178. The van der Waals surface area contributed by atoms with Gasteiger partial charge in [-0.15, -0.1) is 23.2 Å². The van der Waals surface area contributed by atoms with Gasteiger partial charge in [0, 0.05) is 75.9 Å². The van der Waals surface area contributed by atoms with Crippen molar-refractivity contribution >= 4 is 70.2 Å². The molecule has 0 bridgehead atoms. The zero-order chi connectivity index (χ0) is 67.2. The zero-order valence-electron chi connectivity index (χ0n) is 58.0. The Bertz CT molecular complexity index is 1950. The molecule has 1 rings (SSSR count). The Morgan fingerprint density at radius 3 is 1.22 bits per heavy atom. The number of nitrogens with zero attached hydrogens (tertiary/aromatic N) is 1. The van der Waals surface area contributed by atoms with Gasteiger partial charge in [0.05, 0.1) is 0 Å². The fourth-order valence-electron chi connectivity index (χ4n) is 11.2. The highest BCUT2D eigenvalue weighted by molar-refractivity contribution is 6.18. The molecule has 1 aromatic carbocycles. The lowest BCUT2D eigenvalue weighted by Crippen LogP contribution is -2.53. The van der Waals surface area contributed by atoms with Crippen molar-refractivity contribution in [1.29, 1.82) is 0 Å². The number of unbranched alkanes of at least 4 members (excludes halogenated alkanes) is 28. The SMILES string of the molecule is CCCCCCCCCCCCCCCC(=O)NCCCC[C@H](NC(=O)CCCCCCCCCCCCCCC)C(=O)NC.C[C@@H](CCCCN)C(=O)N[C@@H](CCCCN)C(=O)N[C@@H](CCCCNC(=O)CCCc1ccc(N(CCCl)CCCl)cc1)C(N)=O. The lowest BCUT2D eigenvalue weighted by Gasteiger charge is -2.23. The van der Waals surface area contributed by atoms with Crippen LogP contribution in [0.15, 0.2) is 24.3 Å². The molecule has 0 fully saturated rings. The average Bonchev–Trinajstić information content (AvgIpc) is 2.90. The number of primary amides is 1. The predicted molar refractivity (Wildman–Crippen MR) is 381 cm³/mol. The Kier molecular flexibility index (Phi) is 60.3. The van der Waals surface area contributed by atoms with Crippen LogP contribution in [-0.4, -0.2) is 118 Å². The summed E-state index contributed by atoms with van der Waals surface area (Å²) in [5.74, 6) is -0.545. The van der Waals surface area contributed by atoms with Gasteiger partial charge < -0.3 is 54.0 Å². The first-order chi connectivity index (χ1) is 44.2. The highest BCUT2D eigenvalue weighted by atomic mass is 35.5. The van der Waals surface area contributed by atoms with Crippen LogP contribution in [0.2, 0.25) is 0 Å². The van der Waals surface area contributed by atoms with E-state index in [4.69, 9.17) is 40.4 Å². The number of rotatable bonds is 62. The van der Waals surface area contributed by atoms with Crippen molar-refractivity contribution in [2.45, 2.75) is 315 Å². The molecule has 0 aliphatic rings. The number of anilines is 1. The van der Waals surface area contributed by atoms with Crippen molar-refractivity contribution in [3.8, 4) is 0 Å². The number of carbonyl (C=O) groups excluding carboxylic acids is 7. The van der Waals surface area contributed by atoms with Crippen LogP contribution in [0.3, 0.4) is 0 Å². The minimum absolute atomic E-state index is 0.0277. The maximum atomic E-state index is 13.1. The number of amides is 7. The smallest absolute Gasteiger partial charge is 0.243 e. The lowest BCUT2D eigenvalue weighted by atomic mass is 10.0. The second kappa shape index (κ2) is 63.2. The van der Waals surface area contributed by atoms with Crippen molar-refractivity contribution < 1.29 is 33.6 Å². The highest BCUT2D eigenvalue weighted by Crippen LogP contribution is 2.19. The van der Waals surface area contributed by atoms with E-state index >= 15 is 0 Å². The number of likely N-dealkylation sites (N-methyl/N-ethyl adjacent to an activating group) is 1. The molecule has 0 heterocycles. The summed E-state index contributed by atoms with van der Waals surface area (Å²) in [6.07, 6.45) is 44.6. The van der Waals surface area contributed by atoms with Crippen LogP contribution in [-0.2, 0) is 40.0 Å². The first-order valence-corrected chi connectivity index (χ1v) is 37.6. The van der Waals surface area contributed by atoms with E-state index in [9.17, 15) is 33.6 Å². The molecule has 7 amide bonds. The van der Waals surface area contributed by atoms with Crippen molar-refractivity contribution in [3.05, 3.63) is 29.8 Å². The molecule has 0 aliphatic heterocycles. The normalized spacial score (nSPS) is 12.4. The molecule has 91 heavy (non-hydrogen) atoms. The van der Waals surface area contributed by atoms with E-state index in [0.29, 0.717) is 109 Å². The van der Waals surface area contributed by atoms with Gasteiger partial charge in [-0.3, -0.25) is 33.6 Å². The summed E-state index contributed by atoms with van der Waals surface area (Å²) in [4.78, 5) is 89.4. The van der Waals surface area contributed by atoms with Gasteiger partial charge in [0.2, 0.25) is 41.4 Å². The van der Waals surface area contributed by atoms with E-state index in [-0.39, 0.29) is 35.5 Å². The van der Waals surface area contributed by atoms with E-state index in [1.165, 1.54) is 141 Å². The standard InChI is InChI=1S/C39H77N3O3.C33H57Cl2N7O4/c1-4-6-8-10-12-14-16-18-20-22-24-26-28-33-37(43)41-35-31-30-32-36(39(45)40-3)42-38(44)34-29-27-25-23-21-19-17-15-13-11-9-7-5-2;1-25(9-2-5-20-36)32(45)41-29(12-3-6-21-37)33(46)40-28(31(38)44)11-4-7-22-39-30(43)13-8-10-26-14-16-27(17-15-26)42(23-18-34)24-19-35/h36H,4-35H2,1-3H3,(H,40,45)(H,41,43)(H,42,44);14-17,25,28-29H,2-13,18-24,36-37H2,1H3,(H2,38,44)(H,39,43)(H,40,46)(H,41,45)/t36-;25-,28-,29-/m00/s1. The second-order valence-corrected chi connectivity index (χ2v) is 26.0. The summed E-state index contributed by atoms with van der Waals surface area (Å²) in [5, 5.41) is 17.1. The van der Waals surface area contributed by atoms with Gasteiger partial charge in [-0.2, -0.15) is 0 Å². The van der Waals surface area contributed by atoms with E-state index in [0.717, 1.165) is 88.5 Å². The zero-order valence-corrected chi connectivity index (χ0v) is 59.5. The summed E-state index contributed by atoms with van der Waals surface area (Å²) in [6.45, 7) is 9.97. The minimum Gasteiger partial charge on any atom is -0.369 e.